The van der Waals surface area contributed by atoms with Crippen LogP contribution < -0.4 is 10.1 Å². The largest absolute Gasteiger partial charge is 0.461 e. The normalized spacial score (nSPS) is 12.3. The summed E-state index contributed by atoms with van der Waals surface area (Å²) in [6, 6.07) is 0.185. The topological polar surface area (TPSA) is 84.3 Å². The van der Waals surface area contributed by atoms with Crippen LogP contribution >= 0.6 is 0 Å². The Kier molecular flexibility index (Phi) is 5.51. The van der Waals surface area contributed by atoms with Crippen LogP contribution in [0.5, 0.6) is 6.01 Å². The van der Waals surface area contributed by atoms with Gasteiger partial charge in [0, 0.05) is 5.92 Å². The third kappa shape index (κ3) is 4.67. The SMILES string of the molecule is CC[C@H](O)COc1ncc(NC(=O)C(C)C)cn1. The van der Waals surface area contributed by atoms with Gasteiger partial charge in [-0.05, 0) is 6.42 Å². The fourth-order valence-corrected chi connectivity index (χ4v) is 1.03. The number of carbonyl (C=O) groups excluding carboxylic acids is 1. The second-order valence-corrected chi connectivity index (χ2v) is 4.27. The Hall–Kier alpha value is -1.69. The van der Waals surface area contributed by atoms with Gasteiger partial charge in [-0.1, -0.05) is 20.8 Å². The quantitative estimate of drug-likeness (QED) is 0.796. The number of hydrogen-bond donors (Lipinski definition) is 2. The summed E-state index contributed by atoms with van der Waals surface area (Å²) in [6.07, 6.45) is 3.04. The zero-order valence-electron chi connectivity index (χ0n) is 10.9. The minimum absolute atomic E-state index is 0.0892. The summed E-state index contributed by atoms with van der Waals surface area (Å²) in [4.78, 5) is 19.3. The summed E-state index contributed by atoms with van der Waals surface area (Å²) in [6.45, 7) is 5.63. The Labute approximate surface area is 106 Å². The third-order valence-electron chi connectivity index (χ3n) is 2.30. The molecule has 2 N–H and O–H groups in total. The molecule has 0 saturated carbocycles. The van der Waals surface area contributed by atoms with Crippen LogP contribution in [0.4, 0.5) is 5.69 Å². The Morgan fingerprint density at radius 3 is 2.56 bits per heavy atom. The summed E-state index contributed by atoms with van der Waals surface area (Å²) >= 11 is 0. The highest BCUT2D eigenvalue weighted by Gasteiger charge is 2.08. The number of hydrogen-bond acceptors (Lipinski definition) is 5. The van der Waals surface area contributed by atoms with E-state index in [1.165, 1.54) is 12.4 Å². The van der Waals surface area contributed by atoms with Crippen molar-refractivity contribution >= 4 is 11.6 Å². The molecule has 0 bridgehead atoms. The van der Waals surface area contributed by atoms with Gasteiger partial charge in [-0.25, -0.2) is 9.97 Å². The maximum absolute atomic E-state index is 11.4. The Morgan fingerprint density at radius 1 is 1.44 bits per heavy atom. The van der Waals surface area contributed by atoms with Crippen LogP contribution in [-0.4, -0.2) is 33.7 Å². The first-order valence-electron chi connectivity index (χ1n) is 5.96. The fraction of sp³-hybridized carbons (Fsp3) is 0.583. The number of nitrogens with zero attached hydrogens (tertiary/aromatic N) is 2. The third-order valence-corrected chi connectivity index (χ3v) is 2.30. The first-order chi connectivity index (χ1) is 8.52. The van der Waals surface area contributed by atoms with E-state index in [0.717, 1.165) is 0 Å². The molecule has 100 valence electrons. The molecule has 1 amide bonds. The fourth-order valence-electron chi connectivity index (χ4n) is 1.03. The number of aromatic nitrogens is 2. The molecule has 1 heterocycles. The molecule has 6 heteroatoms. The van der Waals surface area contributed by atoms with Crippen molar-refractivity contribution in [1.82, 2.24) is 9.97 Å². The molecule has 0 aliphatic heterocycles. The number of ether oxygens (including phenoxy) is 1. The zero-order chi connectivity index (χ0) is 13.5. The number of amides is 1. The molecule has 0 unspecified atom stereocenters. The summed E-state index contributed by atoms with van der Waals surface area (Å²) in [5, 5.41) is 12.0. The highest BCUT2D eigenvalue weighted by molar-refractivity contribution is 5.91. The van der Waals surface area contributed by atoms with Crippen molar-refractivity contribution in [2.75, 3.05) is 11.9 Å². The van der Waals surface area contributed by atoms with E-state index >= 15 is 0 Å². The van der Waals surface area contributed by atoms with Crippen LogP contribution in [0.2, 0.25) is 0 Å². The lowest BCUT2D eigenvalue weighted by Crippen LogP contribution is -2.19. The van der Waals surface area contributed by atoms with Gasteiger partial charge in [-0.3, -0.25) is 4.79 Å². The van der Waals surface area contributed by atoms with E-state index in [9.17, 15) is 9.90 Å². The van der Waals surface area contributed by atoms with Crippen molar-refractivity contribution in [3.63, 3.8) is 0 Å². The van der Waals surface area contributed by atoms with Gasteiger partial charge >= 0.3 is 6.01 Å². The van der Waals surface area contributed by atoms with Gasteiger partial charge in [0.25, 0.3) is 0 Å². The lowest BCUT2D eigenvalue weighted by atomic mass is 10.2. The van der Waals surface area contributed by atoms with Crippen LogP contribution in [0.1, 0.15) is 27.2 Å². The predicted octanol–water partition coefficient (Wildman–Crippen LogP) is 1.22. The van der Waals surface area contributed by atoms with Crippen LogP contribution in [-0.2, 0) is 4.79 Å². The molecule has 0 aliphatic carbocycles. The number of anilines is 1. The number of aliphatic hydroxyl groups excluding tert-OH is 1. The second kappa shape index (κ2) is 6.90. The highest BCUT2D eigenvalue weighted by atomic mass is 16.5. The molecule has 0 radical (unpaired) electrons. The molecule has 18 heavy (non-hydrogen) atoms. The first kappa shape index (κ1) is 14.4. The molecule has 1 atom stereocenters. The van der Waals surface area contributed by atoms with Crippen molar-refractivity contribution in [2.45, 2.75) is 33.3 Å². The molecule has 0 fully saturated rings. The van der Waals surface area contributed by atoms with Gasteiger partial charge in [0.1, 0.15) is 6.61 Å². The van der Waals surface area contributed by atoms with Gasteiger partial charge < -0.3 is 15.2 Å². The molecule has 6 nitrogen and oxygen atoms in total. The lowest BCUT2D eigenvalue weighted by molar-refractivity contribution is -0.118. The van der Waals surface area contributed by atoms with Crippen LogP contribution in [0.25, 0.3) is 0 Å². The summed E-state index contributed by atoms with van der Waals surface area (Å²) in [5.74, 6) is -0.186. The Bertz CT molecular complexity index is 379. The molecule has 1 aromatic rings. The highest BCUT2D eigenvalue weighted by Crippen LogP contribution is 2.09. The molecule has 0 spiro atoms. The maximum Gasteiger partial charge on any atom is 0.316 e. The zero-order valence-corrected chi connectivity index (χ0v) is 10.9. The summed E-state index contributed by atoms with van der Waals surface area (Å²) in [7, 11) is 0. The average Bonchev–Trinajstić information content (AvgIpc) is 2.37. The summed E-state index contributed by atoms with van der Waals surface area (Å²) < 4.78 is 5.18. The van der Waals surface area contributed by atoms with Gasteiger partial charge in [0.15, 0.2) is 0 Å². The number of carbonyl (C=O) groups is 1. The van der Waals surface area contributed by atoms with Crippen LogP contribution in [0.15, 0.2) is 12.4 Å². The minimum atomic E-state index is -0.520. The minimum Gasteiger partial charge on any atom is -0.461 e. The molecule has 0 saturated heterocycles. The smallest absolute Gasteiger partial charge is 0.316 e. The van der Waals surface area contributed by atoms with Crippen molar-refractivity contribution in [2.24, 2.45) is 5.92 Å². The van der Waals surface area contributed by atoms with Gasteiger partial charge in [0.2, 0.25) is 5.91 Å². The van der Waals surface area contributed by atoms with Crippen LogP contribution in [0, 0.1) is 5.92 Å². The standard InChI is InChI=1S/C12H19N3O3/c1-4-10(16)7-18-12-13-5-9(6-14-12)15-11(17)8(2)3/h5-6,8,10,16H,4,7H2,1-3H3,(H,15,17)/t10-/m0/s1. The van der Waals surface area contributed by atoms with Crippen molar-refractivity contribution in [3.8, 4) is 6.01 Å². The molecular formula is C12H19N3O3. The van der Waals surface area contributed by atoms with E-state index in [0.29, 0.717) is 12.1 Å². The number of nitrogens with one attached hydrogen (secondary N) is 1. The number of rotatable bonds is 6. The molecule has 0 aliphatic rings. The van der Waals surface area contributed by atoms with Gasteiger partial charge in [-0.15, -0.1) is 0 Å². The van der Waals surface area contributed by atoms with Crippen LogP contribution in [0.3, 0.4) is 0 Å². The molecule has 1 rings (SSSR count). The molecule has 1 aromatic heterocycles. The number of aliphatic hydroxyl groups is 1. The molecule has 0 aromatic carbocycles. The van der Waals surface area contributed by atoms with E-state index in [1.807, 2.05) is 6.92 Å². The van der Waals surface area contributed by atoms with E-state index < -0.39 is 6.10 Å². The van der Waals surface area contributed by atoms with Gasteiger partial charge in [-0.2, -0.15) is 0 Å². The Morgan fingerprint density at radius 2 is 2.06 bits per heavy atom. The van der Waals surface area contributed by atoms with E-state index in [1.54, 1.807) is 13.8 Å². The first-order valence-corrected chi connectivity index (χ1v) is 5.96. The van der Waals surface area contributed by atoms with E-state index in [2.05, 4.69) is 15.3 Å². The van der Waals surface area contributed by atoms with Crippen molar-refractivity contribution in [1.29, 1.82) is 0 Å². The maximum atomic E-state index is 11.4. The van der Waals surface area contributed by atoms with Crippen molar-refractivity contribution < 1.29 is 14.6 Å². The lowest BCUT2D eigenvalue weighted by Gasteiger charge is -2.09. The Balaban J connectivity index is 2.50. The predicted molar refractivity (Wildman–Crippen MR) is 67.3 cm³/mol. The summed E-state index contributed by atoms with van der Waals surface area (Å²) in [5.41, 5.74) is 0.525. The monoisotopic (exact) mass is 253 g/mol. The van der Waals surface area contributed by atoms with E-state index in [4.69, 9.17) is 4.74 Å². The van der Waals surface area contributed by atoms with Gasteiger partial charge in [0.05, 0.1) is 24.2 Å². The van der Waals surface area contributed by atoms with Crippen molar-refractivity contribution in [3.05, 3.63) is 12.4 Å². The average molecular weight is 253 g/mol. The molecular weight excluding hydrogens is 234 g/mol. The van der Waals surface area contributed by atoms with E-state index in [-0.39, 0.29) is 24.4 Å². The second-order valence-electron chi connectivity index (χ2n) is 4.27.